The third-order valence-corrected chi connectivity index (χ3v) is 4.70. The lowest BCUT2D eigenvalue weighted by Gasteiger charge is -2.43. The van der Waals surface area contributed by atoms with Crippen molar-refractivity contribution in [1.82, 2.24) is 24.6 Å². The topological polar surface area (TPSA) is 55.3 Å². The molecule has 1 aliphatic heterocycles. The lowest BCUT2D eigenvalue weighted by atomic mass is 10.3. The first-order valence-corrected chi connectivity index (χ1v) is 7.46. The van der Waals surface area contributed by atoms with Crippen LogP contribution in [-0.2, 0) is 6.18 Å². The number of rotatable bonds is 4. The van der Waals surface area contributed by atoms with Gasteiger partial charge in [0.25, 0.3) is 0 Å². The summed E-state index contributed by atoms with van der Waals surface area (Å²) in [6.45, 7) is 5.73. The summed E-state index contributed by atoms with van der Waals surface area (Å²) in [6, 6.07) is 0. The first-order valence-electron chi connectivity index (χ1n) is 6.65. The summed E-state index contributed by atoms with van der Waals surface area (Å²) in [7, 11) is 1.78. The second-order valence-electron chi connectivity index (χ2n) is 5.07. The van der Waals surface area contributed by atoms with Crippen molar-refractivity contribution in [2.24, 2.45) is 0 Å². The van der Waals surface area contributed by atoms with Crippen LogP contribution in [0.15, 0.2) is 0 Å². The number of halogens is 3. The van der Waals surface area contributed by atoms with Crippen molar-refractivity contribution in [3.05, 3.63) is 10.2 Å². The number of hydrogen-bond donors (Lipinski definition) is 0. The Morgan fingerprint density at radius 1 is 1.38 bits per heavy atom. The lowest BCUT2D eigenvalue weighted by molar-refractivity contribution is -0.138. The SMILES string of the molecule is CCN(CC)C1CN(C)C[N+]1([O-])c1nnc(C(F)(F)F)s1. The average Bonchev–Trinajstić information content (AvgIpc) is 2.97. The summed E-state index contributed by atoms with van der Waals surface area (Å²) >= 11 is 0.339. The fourth-order valence-corrected chi connectivity index (χ4v) is 3.40. The van der Waals surface area contributed by atoms with Gasteiger partial charge in [0.05, 0.1) is 6.54 Å². The van der Waals surface area contributed by atoms with Crippen molar-refractivity contribution < 1.29 is 13.2 Å². The molecule has 2 unspecified atom stereocenters. The summed E-state index contributed by atoms with van der Waals surface area (Å²) < 4.78 is 37.1. The molecule has 0 radical (unpaired) electrons. The molecule has 10 heteroatoms. The Morgan fingerprint density at radius 2 is 2.00 bits per heavy atom. The minimum absolute atomic E-state index is 0.0770. The number of likely N-dealkylation sites (N-methyl/N-ethyl adjacent to an activating group) is 2. The van der Waals surface area contributed by atoms with E-state index in [-0.39, 0.29) is 11.8 Å². The first kappa shape index (κ1) is 16.6. The molecule has 1 aromatic heterocycles. The van der Waals surface area contributed by atoms with Crippen LogP contribution in [0.3, 0.4) is 0 Å². The van der Waals surface area contributed by atoms with E-state index in [4.69, 9.17) is 0 Å². The zero-order chi connectivity index (χ0) is 15.8. The first-order chi connectivity index (χ1) is 9.72. The van der Waals surface area contributed by atoms with Crippen LogP contribution in [-0.4, -0.2) is 59.5 Å². The van der Waals surface area contributed by atoms with Crippen LogP contribution >= 0.6 is 11.3 Å². The van der Waals surface area contributed by atoms with Crippen LogP contribution in [0.2, 0.25) is 0 Å². The third-order valence-electron chi connectivity index (χ3n) is 3.62. The fourth-order valence-electron chi connectivity index (χ4n) is 2.62. The van der Waals surface area contributed by atoms with Crippen LogP contribution in [0.4, 0.5) is 18.3 Å². The van der Waals surface area contributed by atoms with E-state index in [1.807, 2.05) is 23.6 Å². The van der Waals surface area contributed by atoms with E-state index in [1.54, 1.807) is 7.05 Å². The van der Waals surface area contributed by atoms with Crippen molar-refractivity contribution >= 4 is 16.5 Å². The maximum Gasteiger partial charge on any atom is 0.445 e. The van der Waals surface area contributed by atoms with E-state index in [2.05, 4.69) is 10.2 Å². The Hall–Kier alpha value is -0.810. The quantitative estimate of drug-likeness (QED) is 0.625. The summed E-state index contributed by atoms with van der Waals surface area (Å²) in [5.41, 5.74) is 0. The van der Waals surface area contributed by atoms with Gasteiger partial charge in [0.1, 0.15) is 6.67 Å². The van der Waals surface area contributed by atoms with Gasteiger partial charge in [-0.15, -0.1) is 5.10 Å². The molecule has 21 heavy (non-hydrogen) atoms. The van der Waals surface area contributed by atoms with Crippen LogP contribution in [0, 0.1) is 5.21 Å². The molecule has 2 rings (SSSR count). The normalized spacial score (nSPS) is 27.7. The molecule has 0 N–H and O–H groups in total. The van der Waals surface area contributed by atoms with Gasteiger partial charge in [-0.05, 0) is 18.4 Å². The molecule has 1 saturated heterocycles. The molecule has 0 bridgehead atoms. The minimum Gasteiger partial charge on any atom is -0.623 e. The van der Waals surface area contributed by atoms with Crippen molar-refractivity contribution in [2.75, 3.05) is 33.4 Å². The van der Waals surface area contributed by atoms with Crippen molar-refractivity contribution in [1.29, 1.82) is 0 Å². The van der Waals surface area contributed by atoms with Gasteiger partial charge in [-0.25, -0.2) is 0 Å². The van der Waals surface area contributed by atoms with Crippen LogP contribution in [0.5, 0.6) is 0 Å². The molecule has 1 aliphatic rings. The maximum atomic E-state index is 13.1. The summed E-state index contributed by atoms with van der Waals surface area (Å²) in [6.07, 6.45) is -5.02. The third kappa shape index (κ3) is 3.04. The molecule has 6 nitrogen and oxygen atoms in total. The number of quaternary nitrogens is 1. The zero-order valence-corrected chi connectivity index (χ0v) is 12.9. The Labute approximate surface area is 124 Å². The second-order valence-corrected chi connectivity index (χ2v) is 6.02. The molecule has 0 aromatic carbocycles. The number of alkyl halides is 3. The number of nitrogens with zero attached hydrogens (tertiary/aromatic N) is 5. The number of hydrogen-bond acceptors (Lipinski definition) is 6. The van der Waals surface area contributed by atoms with Gasteiger partial charge in [-0.1, -0.05) is 18.9 Å². The molecular weight excluding hydrogens is 307 g/mol. The molecule has 0 saturated carbocycles. The van der Waals surface area contributed by atoms with Crippen LogP contribution < -0.4 is 4.65 Å². The molecule has 1 aromatic rings. The Balaban J connectivity index is 2.36. The van der Waals surface area contributed by atoms with Gasteiger partial charge < -0.3 is 5.21 Å². The Morgan fingerprint density at radius 3 is 2.48 bits per heavy atom. The van der Waals surface area contributed by atoms with E-state index in [9.17, 15) is 18.4 Å². The van der Waals surface area contributed by atoms with Crippen molar-refractivity contribution in [3.63, 3.8) is 0 Å². The molecule has 0 aliphatic carbocycles. The van der Waals surface area contributed by atoms with Crippen molar-refractivity contribution in [3.8, 4) is 0 Å². The highest BCUT2D eigenvalue weighted by Gasteiger charge is 2.47. The molecule has 120 valence electrons. The lowest BCUT2D eigenvalue weighted by Crippen LogP contribution is -2.57. The Bertz CT molecular complexity index is 492. The van der Waals surface area contributed by atoms with E-state index in [1.165, 1.54) is 0 Å². The van der Waals surface area contributed by atoms with Gasteiger partial charge in [0.2, 0.25) is 5.01 Å². The minimum atomic E-state index is -4.56. The molecule has 0 spiro atoms. The number of hydroxylamine groups is 2. The van der Waals surface area contributed by atoms with Gasteiger partial charge in [-0.3, -0.25) is 14.4 Å². The summed E-state index contributed by atoms with van der Waals surface area (Å²) in [5, 5.41) is 18.6. The van der Waals surface area contributed by atoms with Crippen LogP contribution in [0.25, 0.3) is 0 Å². The smallest absolute Gasteiger partial charge is 0.445 e. The van der Waals surface area contributed by atoms with E-state index in [0.717, 1.165) is 0 Å². The second kappa shape index (κ2) is 5.76. The molecule has 0 amide bonds. The van der Waals surface area contributed by atoms with Crippen LogP contribution in [0.1, 0.15) is 18.9 Å². The summed E-state index contributed by atoms with van der Waals surface area (Å²) in [4.78, 5) is 3.76. The van der Waals surface area contributed by atoms with Gasteiger partial charge in [-0.2, -0.15) is 13.2 Å². The van der Waals surface area contributed by atoms with E-state index in [0.29, 0.717) is 31.0 Å². The highest BCUT2D eigenvalue weighted by atomic mass is 32.1. The molecule has 2 atom stereocenters. The monoisotopic (exact) mass is 325 g/mol. The fraction of sp³-hybridized carbons (Fsp3) is 0.818. The average molecular weight is 325 g/mol. The highest BCUT2D eigenvalue weighted by molar-refractivity contribution is 7.15. The molecule has 1 fully saturated rings. The molecule has 2 heterocycles. The maximum absolute atomic E-state index is 13.1. The highest BCUT2D eigenvalue weighted by Crippen LogP contribution is 2.39. The molecular formula is C11H18F3N5OS. The standard InChI is InChI=1S/C11H18F3N5OS/c1-4-18(5-2)8-6-17(3)7-19(8,20)10-16-15-9(21-10)11(12,13)14/h8H,4-7H2,1-3H3. The number of aromatic nitrogens is 2. The van der Waals surface area contributed by atoms with Crippen molar-refractivity contribution in [2.45, 2.75) is 26.2 Å². The van der Waals surface area contributed by atoms with E-state index >= 15 is 0 Å². The Kier molecular flexibility index (Phi) is 4.54. The predicted molar refractivity (Wildman–Crippen MR) is 74.3 cm³/mol. The zero-order valence-electron chi connectivity index (χ0n) is 12.1. The summed E-state index contributed by atoms with van der Waals surface area (Å²) in [5.74, 6) is 0. The van der Waals surface area contributed by atoms with Gasteiger partial charge >= 0.3 is 11.3 Å². The van der Waals surface area contributed by atoms with Gasteiger partial charge in [0.15, 0.2) is 6.17 Å². The van der Waals surface area contributed by atoms with Gasteiger partial charge in [0, 0.05) is 13.1 Å². The largest absolute Gasteiger partial charge is 0.623 e. The van der Waals surface area contributed by atoms with E-state index < -0.39 is 22.0 Å². The predicted octanol–water partition coefficient (Wildman–Crippen LogP) is 1.93.